The summed E-state index contributed by atoms with van der Waals surface area (Å²) in [5, 5.41) is 2.21. The zero-order chi connectivity index (χ0) is 7.82. The van der Waals surface area contributed by atoms with Crippen LogP contribution in [0.15, 0.2) is 25.3 Å². The molecule has 0 aliphatic carbocycles. The van der Waals surface area contributed by atoms with E-state index in [-0.39, 0.29) is 12.4 Å². The molecule has 2 heteroatoms. The predicted octanol–water partition coefficient (Wildman–Crippen LogP) is -2.05. The van der Waals surface area contributed by atoms with Crippen LogP contribution in [0.4, 0.5) is 0 Å². The molecule has 0 rings (SSSR count). The number of quaternary nitrogens is 1. The molecule has 0 aromatic heterocycles. The molecule has 0 bridgehead atoms. The van der Waals surface area contributed by atoms with Gasteiger partial charge in [-0.15, -0.1) is 13.2 Å². The van der Waals surface area contributed by atoms with Crippen LogP contribution < -0.4 is 17.7 Å². The highest BCUT2D eigenvalue weighted by Crippen LogP contribution is 2.06. The Balaban J connectivity index is 0. The van der Waals surface area contributed by atoms with E-state index in [9.17, 15) is 0 Å². The van der Waals surface area contributed by atoms with Crippen LogP contribution in [0, 0.1) is 5.92 Å². The fourth-order valence-electron chi connectivity index (χ4n) is 1.09. The minimum absolute atomic E-state index is 0. The first-order valence-electron chi connectivity index (χ1n) is 3.84. The van der Waals surface area contributed by atoms with Gasteiger partial charge in [0.25, 0.3) is 0 Å². The zero-order valence-electron chi connectivity index (χ0n) is 7.22. The maximum Gasteiger partial charge on any atom is 0.0787 e. The molecule has 0 spiro atoms. The van der Waals surface area contributed by atoms with Crippen LogP contribution in [0.3, 0.4) is 0 Å². The summed E-state index contributed by atoms with van der Waals surface area (Å²) in [4.78, 5) is 0. The van der Waals surface area contributed by atoms with Gasteiger partial charge in [-0.25, -0.2) is 0 Å². The summed E-state index contributed by atoms with van der Waals surface area (Å²) >= 11 is 0. The van der Waals surface area contributed by atoms with Crippen LogP contribution >= 0.6 is 0 Å². The molecule has 0 unspecified atom stereocenters. The van der Waals surface area contributed by atoms with Gasteiger partial charge in [-0.1, -0.05) is 12.2 Å². The SMILES string of the molecule is C=CCC(CC=C)C[NH2+]C.[Cl-]. The number of halogens is 1. The number of rotatable bonds is 6. The Hall–Kier alpha value is -0.270. The topological polar surface area (TPSA) is 16.6 Å². The Bertz CT molecular complexity index is 91.7. The molecule has 0 heterocycles. The van der Waals surface area contributed by atoms with Crippen LogP contribution in [0.25, 0.3) is 0 Å². The Morgan fingerprint density at radius 3 is 2.00 bits per heavy atom. The Labute approximate surface area is 76.0 Å². The second kappa shape index (κ2) is 9.73. The van der Waals surface area contributed by atoms with E-state index in [1.165, 1.54) is 6.54 Å². The van der Waals surface area contributed by atoms with Crippen molar-refractivity contribution in [1.82, 2.24) is 0 Å². The van der Waals surface area contributed by atoms with Crippen LogP contribution in [-0.2, 0) is 0 Å². The molecule has 0 fully saturated rings. The van der Waals surface area contributed by atoms with Crippen molar-refractivity contribution in [1.29, 1.82) is 0 Å². The van der Waals surface area contributed by atoms with Gasteiger partial charge < -0.3 is 17.7 Å². The minimum atomic E-state index is 0. The highest BCUT2D eigenvalue weighted by molar-refractivity contribution is 4.78. The smallest absolute Gasteiger partial charge is 0.0787 e. The predicted molar refractivity (Wildman–Crippen MR) is 45.8 cm³/mol. The molecule has 0 aliphatic rings. The second-order valence-electron chi connectivity index (χ2n) is 2.56. The van der Waals surface area contributed by atoms with Crippen LogP contribution in [0.5, 0.6) is 0 Å². The number of allylic oxidation sites excluding steroid dienone is 2. The minimum Gasteiger partial charge on any atom is -1.00 e. The molecule has 0 aliphatic heterocycles. The van der Waals surface area contributed by atoms with Crippen LogP contribution in [0.1, 0.15) is 12.8 Å². The standard InChI is InChI=1S/C9H17N.ClH/c1-4-6-9(7-5-2)8-10-3;/h4-5,9-10H,1-2,6-8H2,3H3;1H. The highest BCUT2D eigenvalue weighted by atomic mass is 35.5. The summed E-state index contributed by atoms with van der Waals surface area (Å²) in [5.74, 6) is 0.736. The summed E-state index contributed by atoms with van der Waals surface area (Å²) in [7, 11) is 2.10. The normalized spacial score (nSPS) is 8.91. The largest absolute Gasteiger partial charge is 1.00 e. The van der Waals surface area contributed by atoms with E-state index in [0.717, 1.165) is 18.8 Å². The number of hydrogen-bond acceptors (Lipinski definition) is 0. The van der Waals surface area contributed by atoms with Gasteiger partial charge in [-0.3, -0.25) is 0 Å². The molecule has 0 saturated carbocycles. The van der Waals surface area contributed by atoms with Gasteiger partial charge in [-0.2, -0.15) is 0 Å². The van der Waals surface area contributed by atoms with Gasteiger partial charge in [0.15, 0.2) is 0 Å². The monoisotopic (exact) mass is 175 g/mol. The van der Waals surface area contributed by atoms with Crippen molar-refractivity contribution in [3.8, 4) is 0 Å². The Kier molecular flexibility index (Phi) is 11.8. The summed E-state index contributed by atoms with van der Waals surface area (Å²) in [6.07, 6.45) is 6.18. The maximum atomic E-state index is 3.72. The lowest BCUT2D eigenvalue weighted by Crippen LogP contribution is -3.00. The summed E-state index contributed by atoms with van der Waals surface area (Å²) in [6.45, 7) is 8.61. The lowest BCUT2D eigenvalue weighted by molar-refractivity contribution is -0.632. The molecule has 2 N–H and O–H groups in total. The molecule has 11 heavy (non-hydrogen) atoms. The first kappa shape index (κ1) is 13.3. The maximum absolute atomic E-state index is 3.72. The lowest BCUT2D eigenvalue weighted by Gasteiger charge is -2.08. The molecule has 66 valence electrons. The van der Waals surface area contributed by atoms with Crippen molar-refractivity contribution in [2.75, 3.05) is 13.6 Å². The molecular formula is C9H18ClN. The zero-order valence-corrected chi connectivity index (χ0v) is 7.98. The van der Waals surface area contributed by atoms with Gasteiger partial charge in [0, 0.05) is 5.92 Å². The quantitative estimate of drug-likeness (QED) is 0.448. The third kappa shape index (κ3) is 7.63. The van der Waals surface area contributed by atoms with Crippen molar-refractivity contribution in [3.05, 3.63) is 25.3 Å². The van der Waals surface area contributed by atoms with Gasteiger partial charge in [-0.05, 0) is 12.8 Å². The van der Waals surface area contributed by atoms with Gasteiger partial charge in [0.05, 0.1) is 13.6 Å². The Morgan fingerprint density at radius 2 is 1.73 bits per heavy atom. The summed E-state index contributed by atoms with van der Waals surface area (Å²) in [6, 6.07) is 0. The number of hydrogen-bond donors (Lipinski definition) is 1. The third-order valence-corrected chi connectivity index (χ3v) is 1.57. The fourth-order valence-corrected chi connectivity index (χ4v) is 1.09. The number of nitrogens with two attached hydrogens (primary N) is 1. The third-order valence-electron chi connectivity index (χ3n) is 1.57. The van der Waals surface area contributed by atoms with Crippen molar-refractivity contribution >= 4 is 0 Å². The van der Waals surface area contributed by atoms with Crippen molar-refractivity contribution < 1.29 is 17.7 Å². The van der Waals surface area contributed by atoms with Crippen molar-refractivity contribution in [3.63, 3.8) is 0 Å². The lowest BCUT2D eigenvalue weighted by atomic mass is 10.0. The van der Waals surface area contributed by atoms with E-state index in [1.54, 1.807) is 0 Å². The second-order valence-corrected chi connectivity index (χ2v) is 2.56. The van der Waals surface area contributed by atoms with E-state index in [4.69, 9.17) is 0 Å². The van der Waals surface area contributed by atoms with Gasteiger partial charge >= 0.3 is 0 Å². The molecule has 0 saturated heterocycles. The van der Waals surface area contributed by atoms with Crippen molar-refractivity contribution in [2.45, 2.75) is 12.8 Å². The first-order chi connectivity index (χ1) is 4.85. The van der Waals surface area contributed by atoms with Gasteiger partial charge in [0.1, 0.15) is 0 Å². The average molecular weight is 176 g/mol. The van der Waals surface area contributed by atoms with Gasteiger partial charge in [0.2, 0.25) is 0 Å². The van der Waals surface area contributed by atoms with E-state index < -0.39 is 0 Å². The first-order valence-corrected chi connectivity index (χ1v) is 3.84. The molecule has 0 atom stereocenters. The highest BCUT2D eigenvalue weighted by Gasteiger charge is 2.03. The summed E-state index contributed by atoms with van der Waals surface area (Å²) < 4.78 is 0. The molecule has 0 aromatic carbocycles. The van der Waals surface area contributed by atoms with Crippen LogP contribution in [0.2, 0.25) is 0 Å². The van der Waals surface area contributed by atoms with E-state index in [0.29, 0.717) is 0 Å². The summed E-state index contributed by atoms with van der Waals surface area (Å²) in [5.41, 5.74) is 0. The molecule has 1 nitrogen and oxygen atoms in total. The average Bonchev–Trinajstić information content (AvgIpc) is 1.90. The molecule has 0 amide bonds. The van der Waals surface area contributed by atoms with E-state index in [2.05, 4.69) is 25.5 Å². The molecule has 0 radical (unpaired) electrons. The molecule has 0 aromatic rings. The van der Waals surface area contributed by atoms with Crippen LogP contribution in [-0.4, -0.2) is 13.6 Å². The van der Waals surface area contributed by atoms with Crippen molar-refractivity contribution in [2.24, 2.45) is 5.92 Å². The molecular weight excluding hydrogens is 158 g/mol. The van der Waals surface area contributed by atoms with E-state index in [1.807, 2.05) is 12.2 Å². The Morgan fingerprint density at radius 1 is 1.27 bits per heavy atom. The van der Waals surface area contributed by atoms with E-state index >= 15 is 0 Å². The fraction of sp³-hybridized carbons (Fsp3) is 0.556.